The Morgan fingerprint density at radius 1 is 1.16 bits per heavy atom. The maximum Gasteiger partial charge on any atom is 0.252 e. The van der Waals surface area contributed by atoms with Crippen LogP contribution in [0.15, 0.2) is 24.3 Å². The van der Waals surface area contributed by atoms with E-state index in [4.69, 9.17) is 4.74 Å². The topological polar surface area (TPSA) is 87.7 Å². The second kappa shape index (κ2) is 11.3. The molecular weight excluding hydrogens is 406 g/mol. The van der Waals surface area contributed by atoms with Crippen LogP contribution in [0.3, 0.4) is 0 Å². The van der Waals surface area contributed by atoms with E-state index < -0.39 is 6.04 Å². The average Bonchev–Trinajstić information content (AvgIpc) is 2.74. The summed E-state index contributed by atoms with van der Waals surface area (Å²) in [7, 11) is 1.55. The summed E-state index contributed by atoms with van der Waals surface area (Å²) in [5, 5.41) is 5.92. The SMILES string of the molecule is COc1cccc(C(=O)NC(C(=O)NCC(C)C)C2CCN(C(=O)CC(C)(C)C)CC2)c1. The molecule has 1 atom stereocenters. The third kappa shape index (κ3) is 7.84. The van der Waals surface area contributed by atoms with E-state index >= 15 is 0 Å². The number of carbonyl (C=O) groups excluding carboxylic acids is 3. The summed E-state index contributed by atoms with van der Waals surface area (Å²) in [6.07, 6.45) is 1.85. The predicted octanol–water partition coefficient (Wildman–Crippen LogP) is 3.24. The number of rotatable bonds is 8. The molecule has 0 spiro atoms. The number of amides is 3. The predicted molar refractivity (Wildman–Crippen MR) is 125 cm³/mol. The van der Waals surface area contributed by atoms with Gasteiger partial charge in [0.25, 0.3) is 5.91 Å². The van der Waals surface area contributed by atoms with E-state index in [1.807, 2.05) is 18.7 Å². The van der Waals surface area contributed by atoms with Crippen LogP contribution in [0, 0.1) is 17.3 Å². The molecule has 0 aliphatic carbocycles. The zero-order valence-electron chi connectivity index (χ0n) is 20.4. The van der Waals surface area contributed by atoms with Crippen molar-refractivity contribution in [1.29, 1.82) is 0 Å². The number of carbonyl (C=O) groups is 3. The number of methoxy groups -OCH3 is 1. The summed E-state index contributed by atoms with van der Waals surface area (Å²) in [6, 6.07) is 6.24. The summed E-state index contributed by atoms with van der Waals surface area (Å²) < 4.78 is 5.21. The lowest BCUT2D eigenvalue weighted by Gasteiger charge is -2.37. The van der Waals surface area contributed by atoms with Gasteiger partial charge in [0.1, 0.15) is 11.8 Å². The van der Waals surface area contributed by atoms with E-state index in [0.29, 0.717) is 56.1 Å². The Hall–Kier alpha value is -2.57. The number of nitrogens with one attached hydrogen (secondary N) is 2. The quantitative estimate of drug-likeness (QED) is 0.643. The van der Waals surface area contributed by atoms with Crippen LogP contribution in [0.4, 0.5) is 0 Å². The van der Waals surface area contributed by atoms with Crippen LogP contribution >= 0.6 is 0 Å². The van der Waals surface area contributed by atoms with Crippen molar-refractivity contribution in [1.82, 2.24) is 15.5 Å². The van der Waals surface area contributed by atoms with Gasteiger partial charge in [0.05, 0.1) is 7.11 Å². The highest BCUT2D eigenvalue weighted by Gasteiger charge is 2.34. The minimum absolute atomic E-state index is 0.0320. The molecule has 2 rings (SSSR count). The van der Waals surface area contributed by atoms with E-state index in [1.165, 1.54) is 0 Å². The molecular formula is C25H39N3O4. The zero-order chi connectivity index (χ0) is 23.9. The Morgan fingerprint density at radius 3 is 2.38 bits per heavy atom. The Morgan fingerprint density at radius 2 is 1.81 bits per heavy atom. The van der Waals surface area contributed by atoms with Crippen LogP contribution in [-0.4, -0.2) is 55.4 Å². The van der Waals surface area contributed by atoms with Crippen molar-refractivity contribution in [3.8, 4) is 5.75 Å². The van der Waals surface area contributed by atoms with Crippen molar-refractivity contribution in [2.45, 2.75) is 59.9 Å². The monoisotopic (exact) mass is 445 g/mol. The molecule has 0 bridgehead atoms. The smallest absolute Gasteiger partial charge is 0.252 e. The fourth-order valence-electron chi connectivity index (χ4n) is 3.85. The lowest BCUT2D eigenvalue weighted by atomic mass is 9.87. The van der Waals surface area contributed by atoms with Gasteiger partial charge in [-0.05, 0) is 48.3 Å². The molecule has 0 aromatic heterocycles. The summed E-state index contributed by atoms with van der Waals surface area (Å²) in [5.41, 5.74) is 0.390. The van der Waals surface area contributed by atoms with Crippen LogP contribution < -0.4 is 15.4 Å². The van der Waals surface area contributed by atoms with Gasteiger partial charge in [0.2, 0.25) is 11.8 Å². The molecule has 2 N–H and O–H groups in total. The molecule has 1 fully saturated rings. The maximum absolute atomic E-state index is 13.0. The molecule has 1 aromatic carbocycles. The Bertz CT molecular complexity index is 793. The van der Waals surface area contributed by atoms with Gasteiger partial charge in [-0.25, -0.2) is 0 Å². The van der Waals surface area contributed by atoms with Crippen LogP contribution in [0.25, 0.3) is 0 Å². The second-order valence-corrected chi connectivity index (χ2v) is 10.3. The van der Waals surface area contributed by atoms with Gasteiger partial charge in [-0.3, -0.25) is 14.4 Å². The van der Waals surface area contributed by atoms with E-state index in [0.717, 1.165) is 0 Å². The van der Waals surface area contributed by atoms with E-state index in [1.54, 1.807) is 31.4 Å². The normalized spacial score (nSPS) is 15.9. The van der Waals surface area contributed by atoms with Gasteiger partial charge < -0.3 is 20.3 Å². The molecule has 1 unspecified atom stereocenters. The lowest BCUT2D eigenvalue weighted by molar-refractivity contribution is -0.134. The van der Waals surface area contributed by atoms with Crippen molar-refractivity contribution < 1.29 is 19.1 Å². The van der Waals surface area contributed by atoms with Gasteiger partial charge in [-0.15, -0.1) is 0 Å². The molecule has 32 heavy (non-hydrogen) atoms. The Labute approximate surface area is 192 Å². The van der Waals surface area contributed by atoms with Crippen molar-refractivity contribution in [3.63, 3.8) is 0 Å². The van der Waals surface area contributed by atoms with Crippen molar-refractivity contribution in [2.24, 2.45) is 17.3 Å². The summed E-state index contributed by atoms with van der Waals surface area (Å²) in [5.74, 6) is 0.538. The van der Waals surface area contributed by atoms with Crippen molar-refractivity contribution in [3.05, 3.63) is 29.8 Å². The first-order valence-electron chi connectivity index (χ1n) is 11.5. The summed E-state index contributed by atoms with van der Waals surface area (Å²) in [4.78, 5) is 40.4. The standard InChI is InChI=1S/C25H39N3O4/c1-17(2)16-26-24(31)22(27-23(30)19-8-7-9-20(14-19)32-6)18-10-12-28(13-11-18)21(29)15-25(3,4)5/h7-9,14,17-18,22H,10-13,15-16H2,1-6H3,(H,26,31)(H,27,30). The highest BCUT2D eigenvalue weighted by atomic mass is 16.5. The van der Waals surface area contributed by atoms with Crippen LogP contribution in [0.1, 0.15) is 64.2 Å². The lowest BCUT2D eigenvalue weighted by Crippen LogP contribution is -2.54. The molecule has 1 aromatic rings. The second-order valence-electron chi connectivity index (χ2n) is 10.3. The first-order chi connectivity index (χ1) is 15.0. The largest absolute Gasteiger partial charge is 0.497 e. The highest BCUT2D eigenvalue weighted by Crippen LogP contribution is 2.25. The number of likely N-dealkylation sites (tertiary alicyclic amines) is 1. The summed E-state index contributed by atoms with van der Waals surface area (Å²) >= 11 is 0. The average molecular weight is 446 g/mol. The van der Waals surface area contributed by atoms with Crippen LogP contribution in [0.2, 0.25) is 0 Å². The third-order valence-electron chi connectivity index (χ3n) is 5.63. The molecule has 3 amide bonds. The van der Waals surface area contributed by atoms with Gasteiger partial charge >= 0.3 is 0 Å². The van der Waals surface area contributed by atoms with E-state index in [-0.39, 0.29) is 29.1 Å². The summed E-state index contributed by atoms with van der Waals surface area (Å²) in [6.45, 7) is 12.0. The first kappa shape index (κ1) is 25.7. The van der Waals surface area contributed by atoms with E-state index in [9.17, 15) is 14.4 Å². The number of piperidine rings is 1. The van der Waals surface area contributed by atoms with Gasteiger partial charge in [-0.1, -0.05) is 40.7 Å². The molecule has 7 heteroatoms. The molecule has 1 aliphatic rings. The van der Waals surface area contributed by atoms with Crippen LogP contribution in [-0.2, 0) is 9.59 Å². The molecule has 0 radical (unpaired) electrons. The van der Waals surface area contributed by atoms with E-state index in [2.05, 4.69) is 31.4 Å². The first-order valence-corrected chi connectivity index (χ1v) is 11.5. The zero-order valence-corrected chi connectivity index (χ0v) is 20.4. The Balaban J connectivity index is 2.09. The van der Waals surface area contributed by atoms with Gasteiger partial charge in [-0.2, -0.15) is 0 Å². The minimum atomic E-state index is -0.646. The van der Waals surface area contributed by atoms with Crippen LogP contribution in [0.5, 0.6) is 5.75 Å². The number of ether oxygens (including phenoxy) is 1. The molecule has 7 nitrogen and oxygen atoms in total. The van der Waals surface area contributed by atoms with Crippen molar-refractivity contribution >= 4 is 17.7 Å². The molecule has 1 heterocycles. The molecule has 1 aliphatic heterocycles. The van der Waals surface area contributed by atoms with Gasteiger partial charge in [0.15, 0.2) is 0 Å². The number of nitrogens with zero attached hydrogens (tertiary/aromatic N) is 1. The minimum Gasteiger partial charge on any atom is -0.497 e. The maximum atomic E-state index is 13.0. The fraction of sp³-hybridized carbons (Fsp3) is 0.640. The fourth-order valence-corrected chi connectivity index (χ4v) is 3.85. The van der Waals surface area contributed by atoms with Crippen molar-refractivity contribution in [2.75, 3.05) is 26.7 Å². The number of hydrogen-bond donors (Lipinski definition) is 2. The van der Waals surface area contributed by atoms with Gasteiger partial charge in [0, 0.05) is 31.6 Å². The Kier molecular flexibility index (Phi) is 9.10. The molecule has 1 saturated heterocycles. The highest BCUT2D eigenvalue weighted by molar-refractivity contribution is 5.98. The number of benzene rings is 1. The molecule has 0 saturated carbocycles. The number of hydrogen-bond acceptors (Lipinski definition) is 4. The molecule has 178 valence electrons. The third-order valence-corrected chi connectivity index (χ3v) is 5.63.